The second-order valence-corrected chi connectivity index (χ2v) is 4.97. The topological polar surface area (TPSA) is 73.6 Å². The zero-order chi connectivity index (χ0) is 16.5. The monoisotopic (exact) mass is 314 g/mol. The summed E-state index contributed by atoms with van der Waals surface area (Å²) in [5.74, 6) is 1.34. The van der Waals surface area contributed by atoms with Crippen molar-refractivity contribution in [2.75, 3.05) is 24.3 Å². The molecule has 0 aliphatic carbocycles. The first-order valence-electron chi connectivity index (χ1n) is 7.69. The van der Waals surface area contributed by atoms with Gasteiger partial charge in [0.15, 0.2) is 11.5 Å². The molecule has 0 saturated heterocycles. The molecule has 0 aliphatic heterocycles. The van der Waals surface area contributed by atoms with Gasteiger partial charge in [0.1, 0.15) is 0 Å². The summed E-state index contributed by atoms with van der Waals surface area (Å²) in [7, 11) is 0. The average molecular weight is 314 g/mol. The van der Waals surface area contributed by atoms with E-state index in [-0.39, 0.29) is 5.91 Å². The summed E-state index contributed by atoms with van der Waals surface area (Å²) in [5, 5.41) is 2.80. The molecule has 0 aliphatic rings. The van der Waals surface area contributed by atoms with Gasteiger partial charge >= 0.3 is 0 Å². The fraction of sp³-hybridized carbons (Fsp3) is 0.278. The SMILES string of the molecule is CCOc1ccccc1OCCCC(=O)Nc1ccccc1N. The molecule has 0 spiro atoms. The van der Waals surface area contributed by atoms with Crippen LogP contribution in [0, 0.1) is 0 Å². The molecular weight excluding hydrogens is 292 g/mol. The minimum Gasteiger partial charge on any atom is -0.490 e. The van der Waals surface area contributed by atoms with Crippen molar-refractivity contribution in [1.82, 2.24) is 0 Å². The maximum absolute atomic E-state index is 11.9. The first-order chi connectivity index (χ1) is 11.2. The summed E-state index contributed by atoms with van der Waals surface area (Å²) < 4.78 is 11.2. The molecule has 23 heavy (non-hydrogen) atoms. The number of carbonyl (C=O) groups is 1. The minimum atomic E-state index is -0.0791. The third-order valence-corrected chi connectivity index (χ3v) is 3.19. The fourth-order valence-electron chi connectivity index (χ4n) is 2.08. The normalized spacial score (nSPS) is 10.1. The fourth-order valence-corrected chi connectivity index (χ4v) is 2.08. The Morgan fingerprint density at radius 2 is 1.70 bits per heavy atom. The second-order valence-electron chi connectivity index (χ2n) is 4.97. The van der Waals surface area contributed by atoms with Crippen LogP contribution < -0.4 is 20.5 Å². The van der Waals surface area contributed by atoms with Crippen molar-refractivity contribution in [3.05, 3.63) is 48.5 Å². The van der Waals surface area contributed by atoms with E-state index in [1.54, 1.807) is 12.1 Å². The molecular formula is C18H22N2O3. The number of benzene rings is 2. The Hall–Kier alpha value is -2.69. The van der Waals surface area contributed by atoms with Crippen molar-refractivity contribution in [3.8, 4) is 11.5 Å². The highest BCUT2D eigenvalue weighted by Crippen LogP contribution is 2.26. The highest BCUT2D eigenvalue weighted by Gasteiger charge is 2.06. The van der Waals surface area contributed by atoms with Gasteiger partial charge in [-0.1, -0.05) is 24.3 Å². The molecule has 122 valence electrons. The molecule has 5 heteroatoms. The first kappa shape index (κ1) is 16.7. The third kappa shape index (κ3) is 5.21. The van der Waals surface area contributed by atoms with Crippen LogP contribution in [0.5, 0.6) is 11.5 Å². The summed E-state index contributed by atoms with van der Waals surface area (Å²) in [6, 6.07) is 14.7. The summed E-state index contributed by atoms with van der Waals surface area (Å²) in [4.78, 5) is 11.9. The Labute approximate surface area is 136 Å². The molecule has 0 radical (unpaired) electrons. The molecule has 0 heterocycles. The lowest BCUT2D eigenvalue weighted by Gasteiger charge is -2.11. The van der Waals surface area contributed by atoms with Gasteiger partial charge in [0.05, 0.1) is 24.6 Å². The number of carbonyl (C=O) groups excluding carboxylic acids is 1. The van der Waals surface area contributed by atoms with Crippen molar-refractivity contribution < 1.29 is 14.3 Å². The van der Waals surface area contributed by atoms with E-state index in [4.69, 9.17) is 15.2 Å². The van der Waals surface area contributed by atoms with Crippen molar-refractivity contribution >= 4 is 17.3 Å². The largest absolute Gasteiger partial charge is 0.490 e. The van der Waals surface area contributed by atoms with Gasteiger partial charge in [0.2, 0.25) is 5.91 Å². The Morgan fingerprint density at radius 3 is 2.39 bits per heavy atom. The van der Waals surface area contributed by atoms with Gasteiger partial charge in [0, 0.05) is 6.42 Å². The van der Waals surface area contributed by atoms with Crippen LogP contribution in [0.1, 0.15) is 19.8 Å². The maximum atomic E-state index is 11.9. The zero-order valence-corrected chi connectivity index (χ0v) is 13.2. The van der Waals surface area contributed by atoms with Crippen LogP contribution in [-0.4, -0.2) is 19.1 Å². The van der Waals surface area contributed by atoms with Crippen molar-refractivity contribution in [3.63, 3.8) is 0 Å². The highest BCUT2D eigenvalue weighted by molar-refractivity contribution is 5.93. The second kappa shape index (κ2) is 8.68. The molecule has 0 saturated carbocycles. The number of para-hydroxylation sites is 4. The van der Waals surface area contributed by atoms with Crippen molar-refractivity contribution in [1.29, 1.82) is 0 Å². The van der Waals surface area contributed by atoms with Crippen LogP contribution in [0.2, 0.25) is 0 Å². The Bertz CT molecular complexity index is 644. The molecule has 2 aromatic rings. The highest BCUT2D eigenvalue weighted by atomic mass is 16.5. The van der Waals surface area contributed by atoms with Gasteiger partial charge in [-0.25, -0.2) is 0 Å². The predicted molar refractivity (Wildman–Crippen MR) is 91.8 cm³/mol. The number of nitrogens with one attached hydrogen (secondary N) is 1. The molecule has 2 aromatic carbocycles. The van der Waals surface area contributed by atoms with Crippen LogP contribution >= 0.6 is 0 Å². The Kier molecular flexibility index (Phi) is 6.29. The smallest absolute Gasteiger partial charge is 0.224 e. The van der Waals surface area contributed by atoms with E-state index < -0.39 is 0 Å². The summed E-state index contributed by atoms with van der Waals surface area (Å²) in [5.41, 5.74) is 6.99. The summed E-state index contributed by atoms with van der Waals surface area (Å²) in [6.45, 7) is 2.96. The van der Waals surface area contributed by atoms with E-state index in [1.807, 2.05) is 43.3 Å². The van der Waals surface area contributed by atoms with Crippen LogP contribution in [0.3, 0.4) is 0 Å². The minimum absolute atomic E-state index is 0.0791. The number of anilines is 2. The number of ether oxygens (including phenoxy) is 2. The van der Waals surface area contributed by atoms with Crippen LogP contribution in [0.25, 0.3) is 0 Å². The molecule has 0 atom stereocenters. The van der Waals surface area contributed by atoms with E-state index in [9.17, 15) is 4.79 Å². The number of amides is 1. The van der Waals surface area contributed by atoms with E-state index >= 15 is 0 Å². The average Bonchev–Trinajstić information content (AvgIpc) is 2.55. The van der Waals surface area contributed by atoms with Gasteiger partial charge in [0.25, 0.3) is 0 Å². The number of rotatable bonds is 8. The Morgan fingerprint density at radius 1 is 1.04 bits per heavy atom. The molecule has 0 fully saturated rings. The molecule has 1 amide bonds. The maximum Gasteiger partial charge on any atom is 0.224 e. The van der Waals surface area contributed by atoms with Gasteiger partial charge in [-0.05, 0) is 37.6 Å². The molecule has 0 aromatic heterocycles. The zero-order valence-electron chi connectivity index (χ0n) is 13.2. The standard InChI is InChI=1S/C18H22N2O3/c1-2-22-16-10-5-6-11-17(16)23-13-7-12-18(21)20-15-9-4-3-8-14(15)19/h3-6,8-11H,2,7,12-13,19H2,1H3,(H,20,21). The van der Waals surface area contributed by atoms with Gasteiger partial charge in [-0.3, -0.25) is 4.79 Å². The van der Waals surface area contributed by atoms with Gasteiger partial charge in [-0.2, -0.15) is 0 Å². The predicted octanol–water partition coefficient (Wildman–Crippen LogP) is 3.47. The van der Waals surface area contributed by atoms with E-state index in [1.165, 1.54) is 0 Å². The van der Waals surface area contributed by atoms with Crippen LogP contribution in [0.15, 0.2) is 48.5 Å². The van der Waals surface area contributed by atoms with Gasteiger partial charge < -0.3 is 20.5 Å². The summed E-state index contributed by atoms with van der Waals surface area (Å²) in [6.07, 6.45) is 0.976. The molecule has 0 unspecified atom stereocenters. The molecule has 5 nitrogen and oxygen atoms in total. The third-order valence-electron chi connectivity index (χ3n) is 3.19. The lowest BCUT2D eigenvalue weighted by molar-refractivity contribution is -0.116. The van der Waals surface area contributed by atoms with Gasteiger partial charge in [-0.15, -0.1) is 0 Å². The quantitative estimate of drug-likeness (QED) is 0.578. The van der Waals surface area contributed by atoms with Crippen molar-refractivity contribution in [2.45, 2.75) is 19.8 Å². The Balaban J connectivity index is 1.75. The van der Waals surface area contributed by atoms with E-state index in [0.717, 1.165) is 5.75 Å². The number of hydrogen-bond acceptors (Lipinski definition) is 4. The van der Waals surface area contributed by atoms with E-state index in [2.05, 4.69) is 5.32 Å². The number of nitrogen functional groups attached to an aromatic ring is 1. The van der Waals surface area contributed by atoms with E-state index in [0.29, 0.717) is 43.2 Å². The molecule has 0 bridgehead atoms. The number of nitrogens with two attached hydrogens (primary N) is 1. The molecule has 3 N–H and O–H groups in total. The summed E-state index contributed by atoms with van der Waals surface area (Å²) >= 11 is 0. The lowest BCUT2D eigenvalue weighted by atomic mass is 10.2. The number of hydrogen-bond donors (Lipinski definition) is 2. The van der Waals surface area contributed by atoms with Crippen LogP contribution in [-0.2, 0) is 4.79 Å². The first-order valence-corrected chi connectivity index (χ1v) is 7.69. The lowest BCUT2D eigenvalue weighted by Crippen LogP contribution is -2.14. The molecule has 2 rings (SSSR count). The van der Waals surface area contributed by atoms with Crippen molar-refractivity contribution in [2.24, 2.45) is 0 Å². The van der Waals surface area contributed by atoms with Crippen LogP contribution in [0.4, 0.5) is 11.4 Å².